The predicted octanol–water partition coefficient (Wildman–Crippen LogP) is 1.87. The van der Waals surface area contributed by atoms with Crippen molar-refractivity contribution < 1.29 is 15.0 Å². The van der Waals surface area contributed by atoms with Gasteiger partial charge in [-0.15, -0.1) is 0 Å². The average Bonchev–Trinajstić information content (AvgIpc) is 2.53. The summed E-state index contributed by atoms with van der Waals surface area (Å²) in [6, 6.07) is 8.19. The van der Waals surface area contributed by atoms with Crippen molar-refractivity contribution in [2.75, 3.05) is 6.61 Å². The molecular weight excluding hydrogens is 304 g/mol. The molecule has 1 aromatic carbocycles. The minimum absolute atomic E-state index is 0.340. The van der Waals surface area contributed by atoms with E-state index in [9.17, 15) is 9.90 Å². The molecule has 0 saturated carbocycles. The summed E-state index contributed by atoms with van der Waals surface area (Å²) in [6.45, 7) is 1.16. The Morgan fingerprint density at radius 3 is 2.55 bits per heavy atom. The van der Waals surface area contributed by atoms with Crippen molar-refractivity contribution in [3.8, 4) is 11.1 Å². The number of rotatable bonds is 5. The van der Waals surface area contributed by atoms with Crippen molar-refractivity contribution in [2.45, 2.75) is 19.1 Å². The molecule has 2 rings (SSSR count). The Kier molecular flexibility index (Phi) is 5.49. The molecule has 1 aromatic heterocycles. The Bertz CT molecular complexity index is 644. The third kappa shape index (κ3) is 4.04. The molecule has 1 amide bonds. The van der Waals surface area contributed by atoms with Crippen LogP contribution in [0.15, 0.2) is 42.7 Å². The fourth-order valence-corrected chi connectivity index (χ4v) is 2.06. The first-order chi connectivity index (χ1) is 10.5. The van der Waals surface area contributed by atoms with Crippen LogP contribution in [-0.4, -0.2) is 39.9 Å². The van der Waals surface area contributed by atoms with E-state index in [4.69, 9.17) is 16.7 Å². The number of pyridine rings is 1. The highest BCUT2D eigenvalue weighted by Crippen LogP contribution is 2.21. The number of halogens is 1. The third-order valence-electron chi connectivity index (χ3n) is 3.27. The van der Waals surface area contributed by atoms with Crippen LogP contribution in [0.5, 0.6) is 0 Å². The van der Waals surface area contributed by atoms with Gasteiger partial charge in [0.2, 0.25) is 0 Å². The highest BCUT2D eigenvalue weighted by atomic mass is 35.5. The van der Waals surface area contributed by atoms with Crippen molar-refractivity contribution in [2.24, 2.45) is 0 Å². The van der Waals surface area contributed by atoms with Crippen LogP contribution in [0.25, 0.3) is 11.1 Å². The molecule has 0 saturated heterocycles. The maximum Gasteiger partial charge on any atom is 0.253 e. The first kappa shape index (κ1) is 16.4. The van der Waals surface area contributed by atoms with Gasteiger partial charge in [-0.05, 0) is 30.7 Å². The lowest BCUT2D eigenvalue weighted by Gasteiger charge is -2.19. The Morgan fingerprint density at radius 2 is 1.95 bits per heavy atom. The molecule has 116 valence electrons. The topological polar surface area (TPSA) is 82.5 Å². The molecule has 0 spiro atoms. The van der Waals surface area contributed by atoms with Gasteiger partial charge in [0.1, 0.15) is 0 Å². The number of nitrogens with one attached hydrogen (secondary N) is 1. The molecule has 0 aliphatic heterocycles. The quantitative estimate of drug-likeness (QED) is 0.785. The summed E-state index contributed by atoms with van der Waals surface area (Å²) in [5.74, 6) is -0.400. The van der Waals surface area contributed by atoms with E-state index >= 15 is 0 Å². The van der Waals surface area contributed by atoms with Gasteiger partial charge >= 0.3 is 0 Å². The second-order valence-electron chi connectivity index (χ2n) is 4.97. The lowest BCUT2D eigenvalue weighted by atomic mass is 10.1. The van der Waals surface area contributed by atoms with Gasteiger partial charge in [0, 0.05) is 23.0 Å². The minimum atomic E-state index is -0.846. The number of aliphatic hydroxyl groups is 2. The minimum Gasteiger partial charge on any atom is -0.394 e. The van der Waals surface area contributed by atoms with Crippen molar-refractivity contribution in [3.05, 3.63) is 53.3 Å². The lowest BCUT2D eigenvalue weighted by molar-refractivity contribution is 0.0758. The van der Waals surface area contributed by atoms with Gasteiger partial charge in [-0.3, -0.25) is 9.78 Å². The molecule has 1 heterocycles. The van der Waals surface area contributed by atoms with E-state index < -0.39 is 18.1 Å². The molecular formula is C16H17ClN2O3. The zero-order valence-electron chi connectivity index (χ0n) is 12.0. The summed E-state index contributed by atoms with van der Waals surface area (Å²) < 4.78 is 0. The number of aromatic nitrogens is 1. The van der Waals surface area contributed by atoms with Crippen LogP contribution in [0.3, 0.4) is 0 Å². The maximum atomic E-state index is 12.2. The van der Waals surface area contributed by atoms with Crippen LogP contribution in [-0.2, 0) is 0 Å². The maximum absolute atomic E-state index is 12.2. The van der Waals surface area contributed by atoms with Crippen LogP contribution in [0.2, 0.25) is 5.02 Å². The van der Waals surface area contributed by atoms with Gasteiger partial charge in [-0.25, -0.2) is 0 Å². The lowest BCUT2D eigenvalue weighted by Crippen LogP contribution is -2.44. The molecule has 2 aromatic rings. The third-order valence-corrected chi connectivity index (χ3v) is 3.53. The zero-order valence-corrected chi connectivity index (χ0v) is 12.8. The number of hydrogen-bond donors (Lipinski definition) is 3. The van der Waals surface area contributed by atoms with E-state index in [1.165, 1.54) is 13.1 Å². The van der Waals surface area contributed by atoms with Crippen LogP contribution in [0, 0.1) is 0 Å². The van der Waals surface area contributed by atoms with Crippen LogP contribution >= 0.6 is 11.6 Å². The van der Waals surface area contributed by atoms with Gasteiger partial charge in [0.15, 0.2) is 0 Å². The van der Waals surface area contributed by atoms with E-state index in [1.807, 2.05) is 12.1 Å². The molecule has 0 radical (unpaired) electrons. The molecule has 6 heteroatoms. The van der Waals surface area contributed by atoms with E-state index in [-0.39, 0.29) is 6.61 Å². The van der Waals surface area contributed by atoms with Gasteiger partial charge in [0.25, 0.3) is 5.91 Å². The SMILES string of the molecule is C[C@@H](O)[C@@H](CO)NC(=O)c1cncc(-c2ccc(Cl)cc2)c1. The molecule has 2 atom stereocenters. The Hall–Kier alpha value is -1.95. The van der Waals surface area contributed by atoms with E-state index in [0.29, 0.717) is 10.6 Å². The molecule has 0 aliphatic rings. The highest BCUT2D eigenvalue weighted by molar-refractivity contribution is 6.30. The standard InChI is InChI=1S/C16H17ClN2O3/c1-10(21)15(9-20)19-16(22)13-6-12(7-18-8-13)11-2-4-14(17)5-3-11/h2-8,10,15,20-21H,9H2,1H3,(H,19,22)/t10-,15-/m1/s1. The largest absolute Gasteiger partial charge is 0.394 e. The zero-order chi connectivity index (χ0) is 16.1. The van der Waals surface area contributed by atoms with Crippen molar-refractivity contribution >= 4 is 17.5 Å². The second-order valence-corrected chi connectivity index (χ2v) is 5.41. The van der Waals surface area contributed by atoms with Crippen LogP contribution in [0.4, 0.5) is 0 Å². The summed E-state index contributed by atoms with van der Waals surface area (Å²) in [6.07, 6.45) is 2.24. The Morgan fingerprint density at radius 1 is 1.27 bits per heavy atom. The number of benzene rings is 1. The number of nitrogens with zero attached hydrogens (tertiary/aromatic N) is 1. The molecule has 0 unspecified atom stereocenters. The smallest absolute Gasteiger partial charge is 0.253 e. The van der Waals surface area contributed by atoms with Gasteiger partial charge < -0.3 is 15.5 Å². The molecule has 22 heavy (non-hydrogen) atoms. The summed E-state index contributed by atoms with van der Waals surface area (Å²) >= 11 is 5.86. The normalized spacial score (nSPS) is 13.5. The van der Waals surface area contributed by atoms with Crippen LogP contribution < -0.4 is 5.32 Å². The first-order valence-electron chi connectivity index (χ1n) is 6.82. The number of carbonyl (C=O) groups excluding carboxylic acids is 1. The van der Waals surface area contributed by atoms with E-state index in [0.717, 1.165) is 11.1 Å². The predicted molar refractivity (Wildman–Crippen MR) is 84.7 cm³/mol. The van der Waals surface area contributed by atoms with Crippen molar-refractivity contribution in [3.63, 3.8) is 0 Å². The molecule has 3 N–H and O–H groups in total. The van der Waals surface area contributed by atoms with Crippen molar-refractivity contribution in [1.82, 2.24) is 10.3 Å². The van der Waals surface area contributed by atoms with Crippen LogP contribution in [0.1, 0.15) is 17.3 Å². The fourth-order valence-electron chi connectivity index (χ4n) is 1.93. The molecule has 5 nitrogen and oxygen atoms in total. The van der Waals surface area contributed by atoms with E-state index in [1.54, 1.807) is 24.4 Å². The molecule has 0 aliphatic carbocycles. The second kappa shape index (κ2) is 7.35. The Balaban J connectivity index is 2.21. The van der Waals surface area contributed by atoms with Gasteiger partial charge in [0.05, 0.1) is 24.3 Å². The van der Waals surface area contributed by atoms with Crippen molar-refractivity contribution in [1.29, 1.82) is 0 Å². The number of hydrogen-bond acceptors (Lipinski definition) is 4. The first-order valence-corrected chi connectivity index (χ1v) is 7.20. The molecule has 0 fully saturated rings. The summed E-state index contributed by atoms with van der Waals surface area (Å²) in [4.78, 5) is 16.2. The number of amides is 1. The molecule has 0 bridgehead atoms. The number of aliphatic hydroxyl groups excluding tert-OH is 2. The summed E-state index contributed by atoms with van der Waals surface area (Å²) in [5, 5.41) is 21.8. The summed E-state index contributed by atoms with van der Waals surface area (Å²) in [7, 11) is 0. The van der Waals surface area contributed by atoms with Gasteiger partial charge in [-0.1, -0.05) is 23.7 Å². The Labute approximate surface area is 133 Å². The summed E-state index contributed by atoms with van der Waals surface area (Å²) in [5.41, 5.74) is 2.02. The monoisotopic (exact) mass is 320 g/mol. The fraction of sp³-hybridized carbons (Fsp3) is 0.250. The van der Waals surface area contributed by atoms with E-state index in [2.05, 4.69) is 10.3 Å². The van der Waals surface area contributed by atoms with Gasteiger partial charge in [-0.2, -0.15) is 0 Å². The average molecular weight is 321 g/mol. The number of carbonyl (C=O) groups is 1. The highest BCUT2D eigenvalue weighted by Gasteiger charge is 2.18.